The number of hydrogen-bond acceptors (Lipinski definition) is 3. The van der Waals surface area contributed by atoms with Crippen LogP contribution in [0.3, 0.4) is 0 Å². The van der Waals surface area contributed by atoms with Crippen LogP contribution < -0.4 is 0 Å². The zero-order valence-electron chi connectivity index (χ0n) is 7.47. The Kier molecular flexibility index (Phi) is 5.96. The average Bonchev–Trinajstić information content (AvgIpc) is 2.17. The van der Waals surface area contributed by atoms with Crippen LogP contribution >= 0.6 is 0 Å². The zero-order chi connectivity index (χ0) is 9.84. The van der Waals surface area contributed by atoms with E-state index in [0.29, 0.717) is 11.1 Å². The van der Waals surface area contributed by atoms with E-state index >= 15 is 0 Å². The van der Waals surface area contributed by atoms with E-state index in [2.05, 4.69) is 0 Å². The molecule has 5 heteroatoms. The van der Waals surface area contributed by atoms with Crippen LogP contribution in [0, 0.1) is 0 Å². The van der Waals surface area contributed by atoms with Gasteiger partial charge in [-0.05, 0) is 17.7 Å². The first-order valence-electron chi connectivity index (χ1n) is 3.94. The number of hydrogen-bond donors (Lipinski definition) is 3. The molecule has 1 atom stereocenters. The summed E-state index contributed by atoms with van der Waals surface area (Å²) in [4.78, 5) is 0. The second kappa shape index (κ2) is 6.14. The van der Waals surface area contributed by atoms with Crippen LogP contribution in [-0.2, 0) is 27.7 Å². The van der Waals surface area contributed by atoms with Crippen LogP contribution in [0.4, 0.5) is 0 Å². The van der Waals surface area contributed by atoms with Crippen molar-refractivity contribution >= 4 is 0 Å². The van der Waals surface area contributed by atoms with Gasteiger partial charge in [0, 0.05) is 26.6 Å². The molecule has 0 aliphatic heterocycles. The van der Waals surface area contributed by atoms with Crippen molar-refractivity contribution in [3.8, 4) is 5.75 Å². The van der Waals surface area contributed by atoms with Gasteiger partial charge in [0.2, 0.25) is 0 Å². The molecule has 1 aromatic rings. The van der Waals surface area contributed by atoms with E-state index in [1.165, 1.54) is 18.2 Å². The molecular weight excluding hydrogens is 354 g/mol. The molecule has 1 aromatic carbocycles. The third-order valence-electron chi connectivity index (χ3n) is 1.85. The van der Waals surface area contributed by atoms with Gasteiger partial charge < -0.3 is 21.1 Å². The second-order valence-corrected chi connectivity index (χ2v) is 2.77. The van der Waals surface area contributed by atoms with Crippen molar-refractivity contribution in [2.24, 2.45) is 0 Å². The van der Waals surface area contributed by atoms with E-state index in [1.807, 2.05) is 0 Å². The minimum absolute atomic E-state index is 0. The third-order valence-corrected chi connectivity index (χ3v) is 1.85. The molecule has 0 radical (unpaired) electrons. The van der Waals surface area contributed by atoms with Crippen LogP contribution in [0.15, 0.2) is 18.2 Å². The molecule has 0 aromatic heterocycles. The zero-order valence-corrected chi connectivity index (χ0v) is 10.4. The fraction of sp³-hybridized carbons (Fsp3) is 0.333. The van der Waals surface area contributed by atoms with Crippen molar-refractivity contribution in [1.82, 2.24) is 0 Å². The van der Waals surface area contributed by atoms with Gasteiger partial charge in [0.25, 0.3) is 0 Å². The summed E-state index contributed by atoms with van der Waals surface area (Å²) in [5.74, 6) is 0.00318. The Balaban J connectivity index is 0.00000169. The molecule has 0 saturated carbocycles. The van der Waals surface area contributed by atoms with Crippen LogP contribution in [0.2, 0.25) is 0 Å². The molecule has 0 heterocycles. The molecule has 0 spiro atoms. The molecule has 14 heavy (non-hydrogen) atoms. The number of aromatic hydroxyl groups is 1. The number of benzene rings is 1. The summed E-state index contributed by atoms with van der Waals surface area (Å²) in [6.45, 7) is -0.403. The van der Waals surface area contributed by atoms with E-state index in [9.17, 15) is 10.2 Å². The first-order chi connectivity index (χ1) is 6.19. The van der Waals surface area contributed by atoms with Crippen molar-refractivity contribution in [1.29, 1.82) is 0 Å². The van der Waals surface area contributed by atoms with Crippen LogP contribution in [-0.4, -0.2) is 21.9 Å². The molecule has 0 saturated heterocycles. The van der Waals surface area contributed by atoms with Crippen molar-refractivity contribution in [3.05, 3.63) is 35.1 Å². The number of aliphatic hydroxyl groups is 2. The summed E-state index contributed by atoms with van der Waals surface area (Å²) in [7, 11) is 0. The largest absolute Gasteiger partial charge is 0.675 e. The minimum atomic E-state index is -0.856. The van der Waals surface area contributed by atoms with Crippen LogP contribution in [0.1, 0.15) is 17.2 Å². The van der Waals surface area contributed by atoms with Crippen LogP contribution in [0.5, 0.6) is 5.75 Å². The number of nitrogens with one attached hydrogen (secondary N) is 1. The second-order valence-electron chi connectivity index (χ2n) is 2.77. The summed E-state index contributed by atoms with van der Waals surface area (Å²) in [5.41, 5.74) is 7.86. The van der Waals surface area contributed by atoms with Gasteiger partial charge in [0.1, 0.15) is 5.75 Å². The molecule has 4 nitrogen and oxygen atoms in total. The molecule has 1 rings (SSSR count). The minimum Gasteiger partial charge on any atom is -0.675 e. The molecule has 78 valence electrons. The number of aliphatic hydroxyl groups excluding tert-OH is 2. The van der Waals surface area contributed by atoms with E-state index in [-0.39, 0.29) is 40.0 Å². The Morgan fingerprint density at radius 2 is 2.00 bits per heavy atom. The van der Waals surface area contributed by atoms with Crippen LogP contribution in [0.25, 0.3) is 5.73 Å². The SMILES string of the molecule is [NH-]CC(O)c1ccc(O)c(CO)c1.[W]. The molecule has 1 unspecified atom stereocenters. The maximum Gasteiger partial charge on any atom is 0.121 e. The first kappa shape index (κ1) is 13.6. The summed E-state index contributed by atoms with van der Waals surface area (Å²) < 4.78 is 0. The maximum atomic E-state index is 9.29. The monoisotopic (exact) mass is 366 g/mol. The molecule has 4 N–H and O–H groups in total. The predicted molar refractivity (Wildman–Crippen MR) is 48.2 cm³/mol. The van der Waals surface area contributed by atoms with E-state index in [4.69, 9.17) is 10.8 Å². The third kappa shape index (κ3) is 3.07. The van der Waals surface area contributed by atoms with Gasteiger partial charge in [0.15, 0.2) is 0 Å². The fourth-order valence-electron chi connectivity index (χ4n) is 1.06. The van der Waals surface area contributed by atoms with Gasteiger partial charge in [-0.25, -0.2) is 0 Å². The Hall–Kier alpha value is -0.412. The van der Waals surface area contributed by atoms with E-state index < -0.39 is 6.10 Å². The van der Waals surface area contributed by atoms with Gasteiger partial charge in [-0.2, -0.15) is 0 Å². The fourth-order valence-corrected chi connectivity index (χ4v) is 1.06. The van der Waals surface area contributed by atoms with Crippen molar-refractivity contribution in [2.45, 2.75) is 12.7 Å². The Bertz CT molecular complexity index is 293. The van der Waals surface area contributed by atoms with Gasteiger partial charge >= 0.3 is 0 Å². The van der Waals surface area contributed by atoms with Crippen molar-refractivity contribution < 1.29 is 36.4 Å². The summed E-state index contributed by atoms with van der Waals surface area (Å²) in [6.07, 6.45) is -0.856. The van der Waals surface area contributed by atoms with Gasteiger partial charge in [-0.1, -0.05) is 6.07 Å². The van der Waals surface area contributed by atoms with Crippen molar-refractivity contribution in [2.75, 3.05) is 6.54 Å². The summed E-state index contributed by atoms with van der Waals surface area (Å²) in [6, 6.07) is 4.43. The van der Waals surface area contributed by atoms with Gasteiger partial charge in [-0.3, -0.25) is 0 Å². The summed E-state index contributed by atoms with van der Waals surface area (Å²) >= 11 is 0. The van der Waals surface area contributed by atoms with E-state index in [0.717, 1.165) is 0 Å². The van der Waals surface area contributed by atoms with Gasteiger partial charge in [-0.15, -0.1) is 6.54 Å². The predicted octanol–water partition coefficient (Wildman–Crippen LogP) is 0.968. The normalized spacial score (nSPS) is 11.9. The quantitative estimate of drug-likeness (QED) is 0.746. The Labute approximate surface area is 96.6 Å². The molecule has 0 bridgehead atoms. The molecule has 0 aliphatic carbocycles. The average molecular weight is 366 g/mol. The first-order valence-corrected chi connectivity index (χ1v) is 3.94. The topological polar surface area (TPSA) is 84.5 Å². The Morgan fingerprint density at radius 3 is 2.50 bits per heavy atom. The number of rotatable bonds is 3. The maximum absolute atomic E-state index is 9.29. The standard InChI is InChI=1S/C9H12NO3.W/c10-4-9(13)6-1-2-8(12)7(3-6)5-11;/h1-3,9-13H,4-5H2;/q-1;. The Morgan fingerprint density at radius 1 is 1.36 bits per heavy atom. The van der Waals surface area contributed by atoms with Crippen molar-refractivity contribution in [3.63, 3.8) is 0 Å². The number of phenols is 1. The van der Waals surface area contributed by atoms with E-state index in [1.54, 1.807) is 0 Å². The molecule has 0 amide bonds. The molecular formula is C9H12NO3W-. The molecule has 0 fully saturated rings. The summed E-state index contributed by atoms with van der Waals surface area (Å²) in [5, 5.41) is 27.3. The van der Waals surface area contributed by atoms with Gasteiger partial charge in [0.05, 0.1) is 12.7 Å². The molecule has 0 aliphatic rings. The smallest absolute Gasteiger partial charge is 0.121 e.